The monoisotopic (exact) mass is 391 g/mol. The second-order valence-electron chi connectivity index (χ2n) is 7.22. The minimum absolute atomic E-state index is 0.0445. The fourth-order valence-electron chi connectivity index (χ4n) is 3.77. The summed E-state index contributed by atoms with van der Waals surface area (Å²) in [5.41, 5.74) is 0. The van der Waals surface area contributed by atoms with Crippen molar-refractivity contribution in [2.45, 2.75) is 44.8 Å². The predicted molar refractivity (Wildman–Crippen MR) is 100 cm³/mol. The molecule has 1 amide bonds. The van der Waals surface area contributed by atoms with Crippen molar-refractivity contribution in [2.75, 3.05) is 26.4 Å². The third-order valence-electron chi connectivity index (χ3n) is 5.37. The molecule has 0 spiro atoms. The molecule has 146 valence electrons. The predicted octanol–water partition coefficient (Wildman–Crippen LogP) is 3.29. The third-order valence-corrected chi connectivity index (χ3v) is 6.24. The average molecular weight is 391 g/mol. The lowest BCUT2D eigenvalue weighted by Crippen LogP contribution is -2.45. The number of thiophene rings is 1. The molecule has 1 saturated carbocycles. The molecule has 27 heavy (non-hydrogen) atoms. The second-order valence-corrected chi connectivity index (χ2v) is 8.17. The van der Waals surface area contributed by atoms with E-state index < -0.39 is 0 Å². The van der Waals surface area contributed by atoms with E-state index in [1.165, 1.54) is 19.3 Å². The Balaban J connectivity index is 1.42. The Morgan fingerprint density at radius 1 is 1.41 bits per heavy atom. The number of morpholine rings is 1. The van der Waals surface area contributed by atoms with E-state index in [-0.39, 0.29) is 24.7 Å². The molecule has 2 aromatic rings. The SMILES string of the molecule is CC1CCCCC1OCC(=O)N1CCOCC1c1nc(-c2cccs2)no1. The van der Waals surface area contributed by atoms with Gasteiger partial charge in [-0.1, -0.05) is 31.0 Å². The Labute approximate surface area is 162 Å². The highest BCUT2D eigenvalue weighted by molar-refractivity contribution is 7.13. The largest absolute Gasteiger partial charge is 0.377 e. The van der Waals surface area contributed by atoms with Crippen LogP contribution in [-0.4, -0.2) is 53.4 Å². The van der Waals surface area contributed by atoms with Gasteiger partial charge in [-0.15, -0.1) is 11.3 Å². The number of ether oxygens (including phenoxy) is 2. The Bertz CT molecular complexity index is 748. The molecule has 4 rings (SSSR count). The summed E-state index contributed by atoms with van der Waals surface area (Å²) in [6.45, 7) is 3.67. The highest BCUT2D eigenvalue weighted by atomic mass is 32.1. The Morgan fingerprint density at radius 3 is 3.11 bits per heavy atom. The van der Waals surface area contributed by atoms with Crippen LogP contribution >= 0.6 is 11.3 Å². The van der Waals surface area contributed by atoms with Crippen molar-refractivity contribution in [3.05, 3.63) is 23.4 Å². The minimum atomic E-state index is -0.361. The van der Waals surface area contributed by atoms with Gasteiger partial charge in [0.15, 0.2) is 0 Å². The van der Waals surface area contributed by atoms with Gasteiger partial charge in [-0.25, -0.2) is 0 Å². The molecule has 1 aliphatic heterocycles. The van der Waals surface area contributed by atoms with Gasteiger partial charge in [0.25, 0.3) is 5.89 Å². The Hall–Kier alpha value is -1.77. The molecule has 1 aliphatic carbocycles. The average Bonchev–Trinajstić information content (AvgIpc) is 3.39. The molecule has 3 heterocycles. The number of nitrogens with zero attached hydrogens (tertiary/aromatic N) is 3. The molecule has 7 nitrogen and oxygen atoms in total. The van der Waals surface area contributed by atoms with E-state index in [1.807, 2.05) is 17.5 Å². The lowest BCUT2D eigenvalue weighted by Gasteiger charge is -2.34. The summed E-state index contributed by atoms with van der Waals surface area (Å²) in [7, 11) is 0. The van der Waals surface area contributed by atoms with Crippen molar-refractivity contribution in [2.24, 2.45) is 5.92 Å². The van der Waals surface area contributed by atoms with Crippen molar-refractivity contribution in [1.82, 2.24) is 15.0 Å². The van der Waals surface area contributed by atoms with Crippen LogP contribution in [0.2, 0.25) is 0 Å². The number of carbonyl (C=O) groups excluding carboxylic acids is 1. The molecule has 0 aromatic carbocycles. The molecule has 2 aliphatic rings. The number of rotatable bonds is 5. The normalized spacial score (nSPS) is 26.3. The van der Waals surface area contributed by atoms with Crippen LogP contribution in [0, 0.1) is 5.92 Å². The first-order valence-corrected chi connectivity index (χ1v) is 10.5. The van der Waals surface area contributed by atoms with Gasteiger partial charge in [-0.3, -0.25) is 4.79 Å². The lowest BCUT2D eigenvalue weighted by molar-refractivity contribution is -0.150. The minimum Gasteiger partial charge on any atom is -0.377 e. The summed E-state index contributed by atoms with van der Waals surface area (Å²) >= 11 is 1.55. The zero-order chi connectivity index (χ0) is 18.6. The summed E-state index contributed by atoms with van der Waals surface area (Å²) in [6, 6.07) is 3.53. The number of aromatic nitrogens is 2. The van der Waals surface area contributed by atoms with Gasteiger partial charge in [0.2, 0.25) is 11.7 Å². The van der Waals surface area contributed by atoms with E-state index in [0.29, 0.717) is 37.4 Å². The zero-order valence-electron chi connectivity index (χ0n) is 15.5. The van der Waals surface area contributed by atoms with Gasteiger partial charge in [0.05, 0.1) is 24.2 Å². The molecular formula is C19H25N3O4S. The molecule has 1 saturated heterocycles. The summed E-state index contributed by atoms with van der Waals surface area (Å²) in [5.74, 6) is 1.43. The van der Waals surface area contributed by atoms with Crippen LogP contribution in [0.25, 0.3) is 10.7 Å². The molecule has 2 fully saturated rings. The van der Waals surface area contributed by atoms with Crippen molar-refractivity contribution >= 4 is 17.2 Å². The number of hydrogen-bond donors (Lipinski definition) is 0. The van der Waals surface area contributed by atoms with Gasteiger partial charge in [-0.05, 0) is 30.2 Å². The van der Waals surface area contributed by atoms with E-state index in [9.17, 15) is 4.79 Å². The van der Waals surface area contributed by atoms with Gasteiger partial charge in [-0.2, -0.15) is 4.98 Å². The zero-order valence-corrected chi connectivity index (χ0v) is 16.3. The molecule has 3 atom stereocenters. The van der Waals surface area contributed by atoms with Crippen LogP contribution < -0.4 is 0 Å². The second kappa shape index (κ2) is 8.50. The number of amides is 1. The topological polar surface area (TPSA) is 77.7 Å². The van der Waals surface area contributed by atoms with Crippen LogP contribution in [0.4, 0.5) is 0 Å². The highest BCUT2D eigenvalue weighted by Gasteiger charge is 2.34. The van der Waals surface area contributed by atoms with E-state index in [0.717, 1.165) is 11.3 Å². The molecule has 3 unspecified atom stereocenters. The van der Waals surface area contributed by atoms with Gasteiger partial charge in [0, 0.05) is 6.54 Å². The molecular weight excluding hydrogens is 366 g/mol. The van der Waals surface area contributed by atoms with Crippen molar-refractivity contribution < 1.29 is 18.8 Å². The molecule has 0 radical (unpaired) electrons. The third kappa shape index (κ3) is 4.23. The fourth-order valence-corrected chi connectivity index (χ4v) is 4.42. The van der Waals surface area contributed by atoms with Crippen LogP contribution in [0.3, 0.4) is 0 Å². The maximum Gasteiger partial charge on any atom is 0.252 e. The maximum absolute atomic E-state index is 12.8. The van der Waals surface area contributed by atoms with Crippen LogP contribution in [0.1, 0.15) is 44.5 Å². The summed E-state index contributed by atoms with van der Waals surface area (Å²) in [6.07, 6.45) is 4.82. The lowest BCUT2D eigenvalue weighted by atomic mass is 9.88. The quantitative estimate of drug-likeness (QED) is 0.778. The molecule has 0 bridgehead atoms. The van der Waals surface area contributed by atoms with Gasteiger partial charge >= 0.3 is 0 Å². The van der Waals surface area contributed by atoms with E-state index in [2.05, 4.69) is 17.1 Å². The fraction of sp³-hybridized carbons (Fsp3) is 0.632. The highest BCUT2D eigenvalue weighted by Crippen LogP contribution is 2.29. The van der Waals surface area contributed by atoms with E-state index in [1.54, 1.807) is 16.2 Å². The van der Waals surface area contributed by atoms with Gasteiger partial charge < -0.3 is 18.9 Å². The smallest absolute Gasteiger partial charge is 0.252 e. The standard InChI is InChI=1S/C19H25N3O4S/c1-13-5-2-3-6-15(13)25-12-17(23)22-8-9-24-11-14(22)19-20-18(21-26-19)16-7-4-10-27-16/h4,7,10,13-15H,2-3,5-6,8-9,11-12H2,1H3. The maximum atomic E-state index is 12.8. The van der Waals surface area contributed by atoms with Crippen LogP contribution in [0.15, 0.2) is 22.0 Å². The van der Waals surface area contributed by atoms with Crippen molar-refractivity contribution in [3.8, 4) is 10.7 Å². The summed E-state index contributed by atoms with van der Waals surface area (Å²) in [4.78, 5) is 20.0. The number of hydrogen-bond acceptors (Lipinski definition) is 7. The van der Waals surface area contributed by atoms with Crippen molar-refractivity contribution in [3.63, 3.8) is 0 Å². The Kier molecular flexibility index (Phi) is 5.85. The first kappa shape index (κ1) is 18.6. The molecule has 8 heteroatoms. The first-order chi connectivity index (χ1) is 13.2. The van der Waals surface area contributed by atoms with Crippen LogP contribution in [-0.2, 0) is 14.3 Å². The van der Waals surface area contributed by atoms with Crippen LogP contribution in [0.5, 0.6) is 0 Å². The van der Waals surface area contributed by atoms with Gasteiger partial charge in [0.1, 0.15) is 12.6 Å². The van der Waals surface area contributed by atoms with E-state index in [4.69, 9.17) is 14.0 Å². The Morgan fingerprint density at radius 2 is 2.30 bits per heavy atom. The summed E-state index contributed by atoms with van der Waals surface area (Å²) in [5, 5.41) is 6.02. The van der Waals surface area contributed by atoms with Crippen molar-refractivity contribution in [1.29, 1.82) is 0 Å². The number of carbonyl (C=O) groups is 1. The molecule has 2 aromatic heterocycles. The first-order valence-electron chi connectivity index (χ1n) is 9.58. The molecule has 0 N–H and O–H groups in total. The van der Waals surface area contributed by atoms with E-state index >= 15 is 0 Å². The summed E-state index contributed by atoms with van der Waals surface area (Å²) < 4.78 is 17.0.